The third-order valence-electron chi connectivity index (χ3n) is 4.07. The van der Waals surface area contributed by atoms with Crippen LogP contribution < -0.4 is 11.1 Å². The highest BCUT2D eigenvalue weighted by Crippen LogP contribution is 2.34. The van der Waals surface area contributed by atoms with Crippen molar-refractivity contribution in [3.05, 3.63) is 23.8 Å². The van der Waals surface area contributed by atoms with Gasteiger partial charge in [0.1, 0.15) is 5.60 Å². The molecule has 0 aliphatic carbocycles. The molecule has 1 aromatic carbocycles. The van der Waals surface area contributed by atoms with E-state index in [1.54, 1.807) is 18.2 Å². The quantitative estimate of drug-likeness (QED) is 0.657. The van der Waals surface area contributed by atoms with Gasteiger partial charge in [0.05, 0.1) is 36.2 Å². The van der Waals surface area contributed by atoms with Crippen molar-refractivity contribution in [2.45, 2.75) is 45.1 Å². The molecule has 0 bridgehead atoms. The van der Waals surface area contributed by atoms with Crippen molar-refractivity contribution < 1.29 is 19.0 Å². The van der Waals surface area contributed by atoms with Gasteiger partial charge >= 0.3 is 5.97 Å². The van der Waals surface area contributed by atoms with Crippen LogP contribution >= 0.6 is 0 Å². The molecule has 0 amide bonds. The van der Waals surface area contributed by atoms with Crippen molar-refractivity contribution in [2.24, 2.45) is 5.92 Å². The monoisotopic (exact) mass is 320 g/mol. The summed E-state index contributed by atoms with van der Waals surface area (Å²) in [6.45, 7) is 6.83. The number of fused-ring (bicyclic) bond motifs is 1. The van der Waals surface area contributed by atoms with Gasteiger partial charge < -0.3 is 25.3 Å². The maximum Gasteiger partial charge on any atom is 0.338 e. The summed E-state index contributed by atoms with van der Waals surface area (Å²) in [5, 5.41) is 3.40. The maximum absolute atomic E-state index is 12.2. The SMILES string of the molecule is CC(C)(C)OC(=O)c1ccc(N)c(N[C@@H]2CO[C@H]3OCC[C@H]32)c1. The predicted octanol–water partition coefficient (Wildman–Crippen LogP) is 2.40. The molecule has 3 rings (SSSR count). The molecule has 2 aliphatic heterocycles. The van der Waals surface area contributed by atoms with E-state index in [1.807, 2.05) is 20.8 Å². The van der Waals surface area contributed by atoms with Crippen LogP contribution in [0.5, 0.6) is 0 Å². The normalized spacial score (nSPS) is 26.8. The Labute approximate surface area is 136 Å². The van der Waals surface area contributed by atoms with E-state index in [9.17, 15) is 4.79 Å². The average Bonchev–Trinajstić information content (AvgIpc) is 3.04. The molecular weight excluding hydrogens is 296 g/mol. The lowest BCUT2D eigenvalue weighted by Crippen LogP contribution is -2.29. The minimum absolute atomic E-state index is 0.122. The second-order valence-electron chi connectivity index (χ2n) is 7.08. The molecule has 2 fully saturated rings. The number of hydrogen-bond donors (Lipinski definition) is 2. The number of anilines is 2. The molecule has 0 spiro atoms. The molecule has 2 saturated heterocycles. The fraction of sp³-hybridized carbons (Fsp3) is 0.588. The van der Waals surface area contributed by atoms with Crippen LogP contribution in [0.25, 0.3) is 0 Å². The van der Waals surface area contributed by atoms with Gasteiger partial charge in [0.2, 0.25) is 0 Å². The lowest BCUT2D eigenvalue weighted by molar-refractivity contribution is -0.0904. The summed E-state index contributed by atoms with van der Waals surface area (Å²) >= 11 is 0. The van der Waals surface area contributed by atoms with Crippen LogP contribution in [-0.2, 0) is 14.2 Å². The number of ether oxygens (including phenoxy) is 3. The lowest BCUT2D eigenvalue weighted by atomic mass is 10.00. The first-order valence-corrected chi connectivity index (χ1v) is 7.96. The van der Waals surface area contributed by atoms with Gasteiger partial charge in [0.15, 0.2) is 6.29 Å². The van der Waals surface area contributed by atoms with Crippen LogP contribution in [0.3, 0.4) is 0 Å². The van der Waals surface area contributed by atoms with Crippen molar-refractivity contribution in [3.63, 3.8) is 0 Å². The molecule has 0 unspecified atom stereocenters. The highest BCUT2D eigenvalue weighted by Gasteiger charge is 2.41. The van der Waals surface area contributed by atoms with E-state index in [1.165, 1.54) is 0 Å². The van der Waals surface area contributed by atoms with Gasteiger partial charge in [-0.15, -0.1) is 0 Å². The summed E-state index contributed by atoms with van der Waals surface area (Å²) in [4.78, 5) is 12.2. The highest BCUT2D eigenvalue weighted by atomic mass is 16.7. The Morgan fingerprint density at radius 2 is 2.13 bits per heavy atom. The van der Waals surface area contributed by atoms with Gasteiger partial charge in [-0.3, -0.25) is 0 Å². The zero-order chi connectivity index (χ0) is 16.6. The average molecular weight is 320 g/mol. The van der Waals surface area contributed by atoms with Crippen LogP contribution in [0.1, 0.15) is 37.6 Å². The fourth-order valence-electron chi connectivity index (χ4n) is 2.96. The van der Waals surface area contributed by atoms with E-state index in [-0.39, 0.29) is 18.3 Å². The summed E-state index contributed by atoms with van der Waals surface area (Å²) in [5.41, 5.74) is 7.33. The molecule has 2 heterocycles. The molecule has 6 heteroatoms. The van der Waals surface area contributed by atoms with Crippen LogP contribution in [0.4, 0.5) is 11.4 Å². The number of nitrogen functional groups attached to an aromatic ring is 1. The minimum atomic E-state index is -0.528. The van der Waals surface area contributed by atoms with Crippen molar-refractivity contribution >= 4 is 17.3 Å². The molecule has 0 aromatic heterocycles. The molecule has 3 atom stereocenters. The molecule has 1 aromatic rings. The van der Waals surface area contributed by atoms with E-state index < -0.39 is 5.60 Å². The van der Waals surface area contributed by atoms with Gasteiger partial charge in [0.25, 0.3) is 0 Å². The largest absolute Gasteiger partial charge is 0.456 e. The molecule has 2 aliphatic rings. The molecule has 0 radical (unpaired) electrons. The molecular formula is C17H24N2O4. The Morgan fingerprint density at radius 3 is 2.87 bits per heavy atom. The zero-order valence-electron chi connectivity index (χ0n) is 13.8. The summed E-state index contributed by atoms with van der Waals surface area (Å²) in [5.74, 6) is -0.0371. The summed E-state index contributed by atoms with van der Waals surface area (Å²) < 4.78 is 16.6. The lowest BCUT2D eigenvalue weighted by Gasteiger charge is -2.21. The first-order valence-electron chi connectivity index (χ1n) is 7.96. The van der Waals surface area contributed by atoms with E-state index in [2.05, 4.69) is 5.32 Å². The van der Waals surface area contributed by atoms with E-state index in [0.29, 0.717) is 23.8 Å². The van der Waals surface area contributed by atoms with Crippen molar-refractivity contribution in [2.75, 3.05) is 24.3 Å². The summed E-state index contributed by atoms with van der Waals surface area (Å²) in [6, 6.07) is 5.28. The number of carbonyl (C=O) groups is 1. The van der Waals surface area contributed by atoms with Crippen LogP contribution in [0.15, 0.2) is 18.2 Å². The van der Waals surface area contributed by atoms with Crippen LogP contribution in [0, 0.1) is 5.92 Å². The maximum atomic E-state index is 12.2. The van der Waals surface area contributed by atoms with E-state index in [0.717, 1.165) is 18.7 Å². The topological polar surface area (TPSA) is 82.8 Å². The zero-order valence-corrected chi connectivity index (χ0v) is 13.8. The molecule has 0 saturated carbocycles. The standard InChI is InChI=1S/C17H24N2O4/c1-17(2,3)23-15(20)10-4-5-12(18)13(8-10)19-14-9-22-16-11(14)6-7-21-16/h4-5,8,11,14,16,19H,6-7,9,18H2,1-3H3/t11-,14+,16+/m0/s1. The molecule has 6 nitrogen and oxygen atoms in total. The summed E-state index contributed by atoms with van der Waals surface area (Å²) in [6.07, 6.45) is 0.844. The second kappa shape index (κ2) is 6.02. The third-order valence-corrected chi connectivity index (χ3v) is 4.07. The van der Waals surface area contributed by atoms with Gasteiger partial charge in [-0.25, -0.2) is 4.79 Å². The van der Waals surface area contributed by atoms with Crippen molar-refractivity contribution in [1.82, 2.24) is 0 Å². The number of nitrogens with two attached hydrogens (primary N) is 1. The Hall–Kier alpha value is -1.79. The first kappa shape index (κ1) is 16.1. The fourth-order valence-corrected chi connectivity index (χ4v) is 2.96. The van der Waals surface area contributed by atoms with E-state index >= 15 is 0 Å². The Bertz CT molecular complexity index is 597. The Balaban J connectivity index is 1.74. The first-order chi connectivity index (χ1) is 10.8. The predicted molar refractivity (Wildman–Crippen MR) is 87.2 cm³/mol. The Morgan fingerprint density at radius 1 is 1.35 bits per heavy atom. The van der Waals surface area contributed by atoms with Gasteiger partial charge in [-0.1, -0.05) is 0 Å². The number of benzene rings is 1. The number of carbonyl (C=O) groups excluding carboxylic acids is 1. The van der Waals surface area contributed by atoms with Gasteiger partial charge in [-0.05, 0) is 45.4 Å². The smallest absolute Gasteiger partial charge is 0.338 e. The summed E-state index contributed by atoms with van der Waals surface area (Å²) in [7, 11) is 0. The van der Waals surface area contributed by atoms with Gasteiger partial charge in [-0.2, -0.15) is 0 Å². The number of hydrogen-bond acceptors (Lipinski definition) is 6. The molecule has 3 N–H and O–H groups in total. The second-order valence-corrected chi connectivity index (χ2v) is 7.08. The van der Waals surface area contributed by atoms with Crippen molar-refractivity contribution in [1.29, 1.82) is 0 Å². The van der Waals surface area contributed by atoms with Crippen LogP contribution in [0.2, 0.25) is 0 Å². The van der Waals surface area contributed by atoms with Crippen LogP contribution in [-0.4, -0.2) is 37.1 Å². The molecule has 23 heavy (non-hydrogen) atoms. The molecule has 126 valence electrons. The number of nitrogens with one attached hydrogen (secondary N) is 1. The number of esters is 1. The Kier molecular flexibility index (Phi) is 4.21. The van der Waals surface area contributed by atoms with Gasteiger partial charge in [0, 0.05) is 5.92 Å². The third kappa shape index (κ3) is 3.59. The minimum Gasteiger partial charge on any atom is -0.456 e. The number of rotatable bonds is 3. The highest BCUT2D eigenvalue weighted by molar-refractivity contribution is 5.92. The van der Waals surface area contributed by atoms with E-state index in [4.69, 9.17) is 19.9 Å². The van der Waals surface area contributed by atoms with Crippen molar-refractivity contribution in [3.8, 4) is 0 Å².